The van der Waals surface area contributed by atoms with Crippen molar-refractivity contribution >= 4 is 22.9 Å². The third-order valence-corrected chi connectivity index (χ3v) is 4.83. The van der Waals surface area contributed by atoms with Gasteiger partial charge < -0.3 is 9.47 Å². The number of nitrogens with zero attached hydrogens (tertiary/aromatic N) is 1. The van der Waals surface area contributed by atoms with Gasteiger partial charge in [-0.1, -0.05) is 18.0 Å². The standard InChI is InChI=1S/C13H18ClNO2S/c14-12-5-4-10(18-12)9-15-6-2-1-3-11(15)13-16-7-8-17-13/h4-5,11,13H,1-3,6-9H2. The largest absolute Gasteiger partial charge is 0.349 e. The Hall–Kier alpha value is -0.130. The summed E-state index contributed by atoms with van der Waals surface area (Å²) < 4.78 is 12.2. The normalized spacial score (nSPS) is 26.8. The molecular weight excluding hydrogens is 270 g/mol. The molecule has 2 saturated heterocycles. The van der Waals surface area contributed by atoms with Crippen molar-refractivity contribution in [2.75, 3.05) is 19.8 Å². The SMILES string of the molecule is Clc1ccc(CN2CCCCC2C2OCCO2)s1. The van der Waals surface area contributed by atoms with Gasteiger partial charge in [0.1, 0.15) is 0 Å². The second kappa shape index (κ2) is 5.88. The van der Waals surface area contributed by atoms with E-state index in [-0.39, 0.29) is 6.29 Å². The number of piperidine rings is 1. The Balaban J connectivity index is 1.67. The van der Waals surface area contributed by atoms with Gasteiger partial charge in [-0.15, -0.1) is 11.3 Å². The van der Waals surface area contributed by atoms with Crippen LogP contribution in [0.15, 0.2) is 12.1 Å². The number of hydrogen-bond acceptors (Lipinski definition) is 4. The molecule has 2 fully saturated rings. The van der Waals surface area contributed by atoms with Crippen molar-refractivity contribution in [1.82, 2.24) is 4.90 Å². The summed E-state index contributed by atoms with van der Waals surface area (Å²) in [6, 6.07) is 4.50. The first-order chi connectivity index (χ1) is 8.83. The Morgan fingerprint density at radius 1 is 1.28 bits per heavy atom. The van der Waals surface area contributed by atoms with Gasteiger partial charge in [0.05, 0.1) is 23.6 Å². The molecule has 0 radical (unpaired) electrons. The van der Waals surface area contributed by atoms with Crippen molar-refractivity contribution in [1.29, 1.82) is 0 Å². The lowest BCUT2D eigenvalue weighted by molar-refractivity contribution is -0.111. The molecule has 1 aromatic rings. The van der Waals surface area contributed by atoms with Crippen LogP contribution in [0.2, 0.25) is 4.34 Å². The summed E-state index contributed by atoms with van der Waals surface area (Å²) in [6.45, 7) is 3.56. The van der Waals surface area contributed by atoms with E-state index in [9.17, 15) is 0 Å². The summed E-state index contributed by atoms with van der Waals surface area (Å²) in [5, 5.41) is 0. The van der Waals surface area contributed by atoms with Gasteiger partial charge in [0.25, 0.3) is 0 Å². The molecule has 0 amide bonds. The number of ether oxygens (including phenoxy) is 2. The third-order valence-electron chi connectivity index (χ3n) is 3.61. The number of rotatable bonds is 3. The Bertz CT molecular complexity index is 392. The summed E-state index contributed by atoms with van der Waals surface area (Å²) in [6.07, 6.45) is 3.68. The van der Waals surface area contributed by atoms with Gasteiger partial charge in [-0.3, -0.25) is 4.90 Å². The Labute approximate surface area is 117 Å². The lowest BCUT2D eigenvalue weighted by Gasteiger charge is -2.37. The lowest BCUT2D eigenvalue weighted by atomic mass is 10.0. The minimum atomic E-state index is -0.0271. The average molecular weight is 288 g/mol. The number of halogens is 1. The van der Waals surface area contributed by atoms with Crippen LogP contribution < -0.4 is 0 Å². The quantitative estimate of drug-likeness (QED) is 0.852. The molecule has 0 aromatic carbocycles. The molecule has 3 nitrogen and oxygen atoms in total. The highest BCUT2D eigenvalue weighted by Gasteiger charge is 2.33. The van der Waals surface area contributed by atoms with Crippen molar-refractivity contribution in [3.05, 3.63) is 21.3 Å². The lowest BCUT2D eigenvalue weighted by Crippen LogP contribution is -2.46. The molecule has 0 aliphatic carbocycles. The molecule has 0 spiro atoms. The maximum Gasteiger partial charge on any atom is 0.173 e. The molecule has 3 heterocycles. The van der Waals surface area contributed by atoms with Crippen LogP contribution in [0.25, 0.3) is 0 Å². The highest BCUT2D eigenvalue weighted by molar-refractivity contribution is 7.16. The summed E-state index contributed by atoms with van der Waals surface area (Å²) in [4.78, 5) is 3.81. The van der Waals surface area contributed by atoms with Crippen molar-refractivity contribution in [2.24, 2.45) is 0 Å². The van der Waals surface area contributed by atoms with Crippen LogP contribution in [-0.4, -0.2) is 37.0 Å². The van der Waals surface area contributed by atoms with Crippen molar-refractivity contribution < 1.29 is 9.47 Å². The van der Waals surface area contributed by atoms with Crippen molar-refractivity contribution in [2.45, 2.75) is 38.1 Å². The summed E-state index contributed by atoms with van der Waals surface area (Å²) in [5.74, 6) is 0. The molecule has 2 aliphatic rings. The van der Waals surface area contributed by atoms with Crippen molar-refractivity contribution in [3.63, 3.8) is 0 Å². The minimum absolute atomic E-state index is 0.0271. The molecule has 18 heavy (non-hydrogen) atoms. The summed E-state index contributed by atoms with van der Waals surface area (Å²) in [5.41, 5.74) is 0. The van der Waals surface area contributed by atoms with E-state index in [4.69, 9.17) is 21.1 Å². The molecule has 2 aliphatic heterocycles. The molecule has 100 valence electrons. The number of thiophene rings is 1. The first kappa shape index (κ1) is 12.9. The van der Waals surface area contributed by atoms with Crippen LogP contribution >= 0.6 is 22.9 Å². The van der Waals surface area contributed by atoms with Crippen LogP contribution in [0.5, 0.6) is 0 Å². The molecule has 5 heteroatoms. The molecule has 0 bridgehead atoms. The summed E-state index contributed by atoms with van der Waals surface area (Å²) >= 11 is 7.66. The Morgan fingerprint density at radius 2 is 2.11 bits per heavy atom. The van der Waals surface area contributed by atoms with Crippen molar-refractivity contribution in [3.8, 4) is 0 Å². The van der Waals surface area contributed by atoms with E-state index in [1.54, 1.807) is 11.3 Å². The van der Waals surface area contributed by atoms with E-state index in [0.29, 0.717) is 6.04 Å². The maximum atomic E-state index is 5.99. The van der Waals surface area contributed by atoms with Gasteiger partial charge in [0, 0.05) is 11.4 Å². The predicted molar refractivity (Wildman–Crippen MR) is 73.1 cm³/mol. The van der Waals surface area contributed by atoms with Crippen LogP contribution in [-0.2, 0) is 16.0 Å². The fourth-order valence-electron chi connectivity index (χ4n) is 2.76. The minimum Gasteiger partial charge on any atom is -0.349 e. The highest BCUT2D eigenvalue weighted by Crippen LogP contribution is 2.28. The van der Waals surface area contributed by atoms with Crippen LogP contribution in [0.3, 0.4) is 0 Å². The van der Waals surface area contributed by atoms with Crippen LogP contribution in [0.4, 0.5) is 0 Å². The summed E-state index contributed by atoms with van der Waals surface area (Å²) in [7, 11) is 0. The second-order valence-corrected chi connectivity index (χ2v) is 6.65. The van der Waals surface area contributed by atoms with E-state index in [2.05, 4.69) is 11.0 Å². The molecule has 3 rings (SSSR count). The Morgan fingerprint density at radius 3 is 2.83 bits per heavy atom. The molecular formula is C13H18ClNO2S. The third kappa shape index (κ3) is 2.89. The van der Waals surface area contributed by atoms with Gasteiger partial charge in [-0.05, 0) is 31.5 Å². The van der Waals surface area contributed by atoms with Gasteiger partial charge in [0.2, 0.25) is 0 Å². The molecule has 0 saturated carbocycles. The number of hydrogen-bond donors (Lipinski definition) is 0. The van der Waals surface area contributed by atoms with Crippen LogP contribution in [0.1, 0.15) is 24.1 Å². The Kier molecular flexibility index (Phi) is 4.21. The van der Waals surface area contributed by atoms with E-state index in [1.165, 1.54) is 24.1 Å². The predicted octanol–water partition coefficient (Wildman–Crippen LogP) is 3.13. The van der Waals surface area contributed by atoms with E-state index < -0.39 is 0 Å². The fraction of sp³-hybridized carbons (Fsp3) is 0.692. The second-order valence-electron chi connectivity index (χ2n) is 4.85. The van der Waals surface area contributed by atoms with E-state index in [0.717, 1.165) is 30.6 Å². The monoisotopic (exact) mass is 287 g/mol. The molecule has 1 atom stereocenters. The topological polar surface area (TPSA) is 21.7 Å². The molecule has 1 aromatic heterocycles. The number of likely N-dealkylation sites (tertiary alicyclic amines) is 1. The van der Waals surface area contributed by atoms with Crippen LogP contribution in [0, 0.1) is 0 Å². The fourth-order valence-corrected chi connectivity index (χ4v) is 3.87. The zero-order valence-corrected chi connectivity index (χ0v) is 11.9. The highest BCUT2D eigenvalue weighted by atomic mass is 35.5. The maximum absolute atomic E-state index is 5.99. The van der Waals surface area contributed by atoms with E-state index >= 15 is 0 Å². The van der Waals surface area contributed by atoms with Gasteiger partial charge in [0.15, 0.2) is 6.29 Å². The first-order valence-electron chi connectivity index (χ1n) is 6.54. The van der Waals surface area contributed by atoms with E-state index in [1.807, 2.05) is 6.07 Å². The van der Waals surface area contributed by atoms with Gasteiger partial charge >= 0.3 is 0 Å². The average Bonchev–Trinajstić information content (AvgIpc) is 3.02. The molecule has 1 unspecified atom stereocenters. The van der Waals surface area contributed by atoms with Gasteiger partial charge in [-0.25, -0.2) is 0 Å². The first-order valence-corrected chi connectivity index (χ1v) is 7.74. The zero-order valence-electron chi connectivity index (χ0n) is 10.3. The van der Waals surface area contributed by atoms with Gasteiger partial charge in [-0.2, -0.15) is 0 Å². The zero-order chi connectivity index (χ0) is 12.4. The smallest absolute Gasteiger partial charge is 0.173 e. The molecule has 0 N–H and O–H groups in total.